The standard InChI is InChI=1S/C52H89BrO13Si2/c1-30-22-35(16-15-21-54)59-40(32(30)3)27-41-38(44(57-10)42(61-41)26-37(66-68(13,14)51(7,8)9)29-58-67(11,12)50(4,5)6)25-34(56)24-36-17-18-39-45(60-36)49-48-47(62-39)46-43(63-48)28-52(64-46,65-49)20-19-33(55)23-31(2)53/h30,33,35-49,54-55H,2-3,15-29H2,1,4-14H3/t30?,33?,35?,36?,37?,38?,39?,40?,41-,42+,43?,44+,45-,46?,47-,48?,49?,52-/m0/s1. The first-order valence-electron chi connectivity index (χ1n) is 26.0. The second-order valence-electron chi connectivity index (χ2n) is 24.7. The van der Waals surface area contributed by atoms with Crippen LogP contribution in [-0.2, 0) is 51.5 Å². The van der Waals surface area contributed by atoms with Crippen molar-refractivity contribution in [2.24, 2.45) is 11.8 Å². The third kappa shape index (κ3) is 12.4. The first-order chi connectivity index (χ1) is 31.7. The summed E-state index contributed by atoms with van der Waals surface area (Å²) in [4.78, 5) is 14.6. The molecule has 8 aliphatic heterocycles. The molecule has 8 fully saturated rings. The molecule has 0 aliphatic carbocycles. The molecule has 16 heteroatoms. The molecule has 6 bridgehead atoms. The lowest BCUT2D eigenvalue weighted by molar-refractivity contribution is -0.292. The summed E-state index contributed by atoms with van der Waals surface area (Å²) >= 11 is 3.38. The number of ether oxygens (including phenoxy) is 8. The molecule has 0 spiro atoms. The molecule has 8 aliphatic rings. The fourth-order valence-corrected chi connectivity index (χ4v) is 14.3. The van der Waals surface area contributed by atoms with Gasteiger partial charge in [-0.05, 0) is 90.8 Å². The van der Waals surface area contributed by atoms with E-state index in [0.717, 1.165) is 29.3 Å². The zero-order chi connectivity index (χ0) is 49.7. The number of carbonyl (C=O) groups is 1. The van der Waals surface area contributed by atoms with Crippen LogP contribution in [0, 0.1) is 11.8 Å². The van der Waals surface area contributed by atoms with Crippen LogP contribution in [0.5, 0.6) is 0 Å². The topological polar surface area (TPSA) is 150 Å². The minimum absolute atomic E-state index is 0.0113. The van der Waals surface area contributed by atoms with Crippen molar-refractivity contribution in [3.8, 4) is 0 Å². The van der Waals surface area contributed by atoms with E-state index in [9.17, 15) is 15.0 Å². The summed E-state index contributed by atoms with van der Waals surface area (Å²) in [6.07, 6.45) is 3.03. The Morgan fingerprint density at radius 1 is 0.882 bits per heavy atom. The number of carbonyl (C=O) groups excluding carboxylic acids is 1. The number of hydrogen-bond donors (Lipinski definition) is 2. The largest absolute Gasteiger partial charge is 0.414 e. The number of Topliss-reactive ketones (excluding diaryl/α,β-unsaturated/α-hetero) is 1. The first kappa shape index (κ1) is 55.3. The Bertz CT molecular complexity index is 1750. The fourth-order valence-electron chi connectivity index (χ4n) is 11.5. The summed E-state index contributed by atoms with van der Waals surface area (Å²) in [7, 11) is -2.63. The van der Waals surface area contributed by atoms with E-state index in [4.69, 9.17) is 46.7 Å². The van der Waals surface area contributed by atoms with E-state index in [0.29, 0.717) is 58.0 Å². The van der Waals surface area contributed by atoms with Crippen molar-refractivity contribution in [3.63, 3.8) is 0 Å². The third-order valence-corrected chi connectivity index (χ3v) is 26.9. The van der Waals surface area contributed by atoms with Crippen molar-refractivity contribution in [2.75, 3.05) is 20.3 Å². The Morgan fingerprint density at radius 2 is 1.56 bits per heavy atom. The molecule has 8 saturated heterocycles. The maximum Gasteiger partial charge on any atom is 0.192 e. The molecule has 8 heterocycles. The lowest BCUT2D eigenvalue weighted by atomic mass is 9.81. The van der Waals surface area contributed by atoms with Gasteiger partial charge in [-0.1, -0.05) is 77.6 Å². The number of halogens is 1. The Balaban J connectivity index is 1.08. The van der Waals surface area contributed by atoms with E-state index in [1.165, 1.54) is 0 Å². The van der Waals surface area contributed by atoms with Gasteiger partial charge in [-0.2, -0.15) is 0 Å². The predicted molar refractivity (Wildman–Crippen MR) is 270 cm³/mol. The fraction of sp³-hybridized carbons (Fsp3) is 0.904. The molecule has 0 amide bonds. The Kier molecular flexibility index (Phi) is 17.8. The number of methoxy groups -OCH3 is 1. The van der Waals surface area contributed by atoms with Crippen molar-refractivity contribution in [2.45, 2.75) is 266 Å². The van der Waals surface area contributed by atoms with Crippen molar-refractivity contribution in [1.29, 1.82) is 0 Å². The van der Waals surface area contributed by atoms with Crippen molar-refractivity contribution in [1.82, 2.24) is 0 Å². The minimum Gasteiger partial charge on any atom is -0.414 e. The highest BCUT2D eigenvalue weighted by atomic mass is 79.9. The summed E-state index contributed by atoms with van der Waals surface area (Å²) in [5.41, 5.74) is 1.05. The lowest BCUT2D eigenvalue weighted by Gasteiger charge is -2.47. The average Bonchev–Trinajstić information content (AvgIpc) is 3.80. The van der Waals surface area contributed by atoms with Gasteiger partial charge in [0.15, 0.2) is 22.4 Å². The molecule has 8 rings (SSSR count). The summed E-state index contributed by atoms with van der Waals surface area (Å²) in [6, 6.07) is 0. The zero-order valence-corrected chi connectivity index (χ0v) is 47.2. The normalized spacial score (nSPS) is 39.2. The van der Waals surface area contributed by atoms with Gasteiger partial charge in [-0.15, -0.1) is 0 Å². The molecule has 2 N–H and O–H groups in total. The molecule has 0 aromatic heterocycles. The number of aliphatic hydroxyl groups is 2. The van der Waals surface area contributed by atoms with Gasteiger partial charge in [0, 0.05) is 64.6 Å². The van der Waals surface area contributed by atoms with E-state index in [-0.39, 0.29) is 120 Å². The second kappa shape index (κ2) is 21.8. The van der Waals surface area contributed by atoms with Crippen LogP contribution in [-0.4, -0.2) is 150 Å². The van der Waals surface area contributed by atoms with Gasteiger partial charge in [-0.25, -0.2) is 0 Å². The van der Waals surface area contributed by atoms with Crippen LogP contribution in [0.4, 0.5) is 0 Å². The number of rotatable bonds is 22. The summed E-state index contributed by atoms with van der Waals surface area (Å²) in [6.45, 7) is 33.9. The summed E-state index contributed by atoms with van der Waals surface area (Å²) in [5, 5.41) is 20.4. The monoisotopic (exact) mass is 1060 g/mol. The SMILES string of the molecule is C=C(Br)CC(O)CC[C@@]12CC3OC4C(O1)[C@H]1OC(CC(=O)CC5[C@H](CC6OC(CCCO)CC(C)C6=C)O[C@H](CC(CO[Si](C)(C)C(C)(C)C)O[Si](C)(C)C(C)(C)C)[C@@H]5OC)CCC1O[C@H]4C3O2. The van der Waals surface area contributed by atoms with Gasteiger partial charge in [0.25, 0.3) is 0 Å². The number of fused-ring (bicyclic) bond motifs is 1. The van der Waals surface area contributed by atoms with Crippen LogP contribution >= 0.6 is 15.9 Å². The van der Waals surface area contributed by atoms with Crippen molar-refractivity contribution >= 4 is 38.3 Å². The number of ketones is 1. The molecule has 18 atom stereocenters. The molecular weight excluding hydrogens is 969 g/mol. The summed E-state index contributed by atoms with van der Waals surface area (Å²) in [5.74, 6) is -0.797. The second-order valence-corrected chi connectivity index (χ2v) is 35.4. The Labute approximate surface area is 419 Å². The quantitative estimate of drug-likeness (QED) is 0.0784. The smallest absolute Gasteiger partial charge is 0.192 e. The van der Waals surface area contributed by atoms with Crippen LogP contribution in [0.25, 0.3) is 0 Å². The van der Waals surface area contributed by atoms with Crippen LogP contribution in [0.2, 0.25) is 36.3 Å². The molecule has 12 unspecified atom stereocenters. The highest BCUT2D eigenvalue weighted by Gasteiger charge is 2.68. The predicted octanol–water partition coefficient (Wildman–Crippen LogP) is 9.46. The van der Waals surface area contributed by atoms with E-state index in [1.807, 2.05) is 0 Å². The van der Waals surface area contributed by atoms with Crippen LogP contribution in [0.15, 0.2) is 23.2 Å². The molecule has 68 heavy (non-hydrogen) atoms. The lowest BCUT2D eigenvalue weighted by Crippen LogP contribution is -2.61. The van der Waals surface area contributed by atoms with Crippen LogP contribution in [0.3, 0.4) is 0 Å². The van der Waals surface area contributed by atoms with E-state index < -0.39 is 40.7 Å². The summed E-state index contributed by atoms with van der Waals surface area (Å²) < 4.78 is 69.0. The minimum atomic E-state index is -2.24. The Morgan fingerprint density at radius 3 is 2.22 bits per heavy atom. The van der Waals surface area contributed by atoms with Gasteiger partial charge >= 0.3 is 0 Å². The molecule has 0 saturated carbocycles. The van der Waals surface area contributed by atoms with Gasteiger partial charge in [0.05, 0.1) is 67.6 Å². The van der Waals surface area contributed by atoms with Crippen LogP contribution < -0.4 is 0 Å². The van der Waals surface area contributed by atoms with Gasteiger partial charge < -0.3 is 57.0 Å². The molecule has 0 radical (unpaired) electrons. The molecule has 0 aromatic carbocycles. The number of aliphatic hydroxyl groups excluding tert-OH is 2. The van der Waals surface area contributed by atoms with E-state index in [2.05, 4.69) is 104 Å². The van der Waals surface area contributed by atoms with Crippen LogP contribution in [0.1, 0.15) is 132 Å². The zero-order valence-electron chi connectivity index (χ0n) is 43.6. The van der Waals surface area contributed by atoms with Gasteiger partial charge in [0.1, 0.15) is 36.3 Å². The van der Waals surface area contributed by atoms with Gasteiger partial charge in [0.2, 0.25) is 0 Å². The third-order valence-electron chi connectivity index (χ3n) is 17.5. The molecular formula is C52H89BrO13Si2. The van der Waals surface area contributed by atoms with Crippen molar-refractivity contribution < 1.29 is 61.8 Å². The first-order valence-corrected chi connectivity index (χ1v) is 32.6. The van der Waals surface area contributed by atoms with Crippen molar-refractivity contribution in [3.05, 3.63) is 23.2 Å². The average molecular weight is 1060 g/mol. The van der Waals surface area contributed by atoms with E-state index >= 15 is 0 Å². The molecule has 0 aromatic rings. The molecule has 13 nitrogen and oxygen atoms in total. The number of hydrogen-bond acceptors (Lipinski definition) is 13. The highest BCUT2D eigenvalue weighted by Crippen LogP contribution is 2.54. The highest BCUT2D eigenvalue weighted by molar-refractivity contribution is 9.11. The maximum absolute atomic E-state index is 14.6. The Hall–Kier alpha value is -0.416. The molecule has 390 valence electrons. The van der Waals surface area contributed by atoms with E-state index in [1.54, 1.807) is 7.11 Å². The van der Waals surface area contributed by atoms with Gasteiger partial charge in [-0.3, -0.25) is 4.79 Å². The maximum atomic E-state index is 14.6.